The monoisotopic (exact) mass is 472 g/mol. The molecule has 0 fully saturated rings. The van der Waals surface area contributed by atoms with Crippen LogP contribution in [0.1, 0.15) is 25.8 Å². The van der Waals surface area contributed by atoms with Gasteiger partial charge in [0.2, 0.25) is 0 Å². The van der Waals surface area contributed by atoms with E-state index in [9.17, 15) is 18.3 Å². The van der Waals surface area contributed by atoms with Crippen LogP contribution in [-0.4, -0.2) is 42.8 Å². The highest BCUT2D eigenvalue weighted by Gasteiger charge is 2.30. The quantitative estimate of drug-likeness (QED) is 0.502. The van der Waals surface area contributed by atoms with E-state index < -0.39 is 15.6 Å². The molecule has 4 rings (SSSR count). The summed E-state index contributed by atoms with van der Waals surface area (Å²) in [6.07, 6.45) is 2.23. The fourth-order valence-corrected chi connectivity index (χ4v) is 4.67. The molecule has 3 heterocycles. The number of pyridine rings is 2. The number of hydrogen-bond donors (Lipinski definition) is 2. The Kier molecular flexibility index (Phi) is 6.09. The SMILES string of the molecule is COCOc1ccc2c(c1)S(=O)(=O)N=C(c1c(O)c3cccnc3n(CCC(C)C)c1=O)N2. The van der Waals surface area contributed by atoms with Crippen molar-refractivity contribution in [3.8, 4) is 11.5 Å². The number of hydrogen-bond acceptors (Lipinski definition) is 8. The molecule has 0 aliphatic carbocycles. The van der Waals surface area contributed by atoms with Gasteiger partial charge in [-0.2, -0.15) is 8.42 Å². The van der Waals surface area contributed by atoms with E-state index in [1.165, 1.54) is 30.0 Å². The van der Waals surface area contributed by atoms with Crippen molar-refractivity contribution in [3.05, 3.63) is 52.4 Å². The van der Waals surface area contributed by atoms with Gasteiger partial charge in [0.1, 0.15) is 27.6 Å². The summed E-state index contributed by atoms with van der Waals surface area (Å²) in [7, 11) is -2.73. The van der Waals surface area contributed by atoms with E-state index in [4.69, 9.17) is 9.47 Å². The molecule has 33 heavy (non-hydrogen) atoms. The van der Waals surface area contributed by atoms with Gasteiger partial charge in [-0.15, -0.1) is 4.40 Å². The fraction of sp³-hybridized carbons (Fsp3) is 0.318. The van der Waals surface area contributed by atoms with Crippen LogP contribution in [0.2, 0.25) is 0 Å². The van der Waals surface area contributed by atoms with Crippen molar-refractivity contribution in [2.24, 2.45) is 10.3 Å². The zero-order valence-corrected chi connectivity index (χ0v) is 19.2. The number of fused-ring (bicyclic) bond motifs is 2. The van der Waals surface area contributed by atoms with E-state index in [2.05, 4.69) is 14.7 Å². The summed E-state index contributed by atoms with van der Waals surface area (Å²) in [6.45, 7) is 4.37. The number of nitrogens with one attached hydrogen (secondary N) is 1. The zero-order valence-electron chi connectivity index (χ0n) is 18.4. The first-order chi connectivity index (χ1) is 15.7. The highest BCUT2D eigenvalue weighted by atomic mass is 32.2. The van der Waals surface area contributed by atoms with Crippen LogP contribution in [0.15, 0.2) is 50.6 Å². The number of ether oxygens (including phenoxy) is 2. The zero-order chi connectivity index (χ0) is 23.8. The molecule has 0 atom stereocenters. The molecular weight excluding hydrogens is 448 g/mol. The van der Waals surface area contributed by atoms with E-state index >= 15 is 0 Å². The predicted octanol–water partition coefficient (Wildman–Crippen LogP) is 2.69. The lowest BCUT2D eigenvalue weighted by molar-refractivity contribution is 0.0510. The molecule has 0 saturated heterocycles. The Morgan fingerprint density at radius 2 is 2.03 bits per heavy atom. The first-order valence-corrected chi connectivity index (χ1v) is 11.8. The normalized spacial score (nSPS) is 14.6. The van der Waals surface area contributed by atoms with Crippen LogP contribution in [0.5, 0.6) is 11.5 Å². The van der Waals surface area contributed by atoms with E-state index in [0.717, 1.165) is 0 Å². The topological polar surface area (TPSA) is 132 Å². The number of aromatic nitrogens is 2. The van der Waals surface area contributed by atoms with Crippen molar-refractivity contribution < 1.29 is 23.0 Å². The van der Waals surface area contributed by atoms with E-state index in [1.54, 1.807) is 18.2 Å². The van der Waals surface area contributed by atoms with Gasteiger partial charge in [-0.1, -0.05) is 13.8 Å². The average molecular weight is 473 g/mol. The number of sulfonamides is 1. The third-order valence-corrected chi connectivity index (χ3v) is 6.52. The number of amidine groups is 1. The third kappa shape index (κ3) is 4.29. The first kappa shape index (κ1) is 22.7. The Morgan fingerprint density at radius 1 is 1.24 bits per heavy atom. The number of aromatic hydroxyl groups is 1. The second-order valence-electron chi connectivity index (χ2n) is 7.99. The summed E-state index contributed by atoms with van der Waals surface area (Å²) in [5, 5.41) is 14.1. The molecule has 0 saturated carbocycles. The highest BCUT2D eigenvalue weighted by molar-refractivity contribution is 7.90. The number of rotatable bonds is 7. The molecule has 11 heteroatoms. The number of nitrogens with zero attached hydrogens (tertiary/aromatic N) is 3. The molecule has 0 unspecified atom stereocenters. The van der Waals surface area contributed by atoms with Gasteiger partial charge in [0, 0.05) is 25.9 Å². The molecule has 0 amide bonds. The van der Waals surface area contributed by atoms with Crippen LogP contribution in [-0.2, 0) is 21.3 Å². The Bertz CT molecular complexity index is 1410. The Balaban J connectivity index is 1.87. The largest absolute Gasteiger partial charge is 0.506 e. The number of aryl methyl sites for hydroxylation is 1. The van der Waals surface area contributed by atoms with Crippen molar-refractivity contribution in [1.29, 1.82) is 0 Å². The van der Waals surface area contributed by atoms with Crippen LogP contribution in [0, 0.1) is 5.92 Å². The van der Waals surface area contributed by atoms with Crippen LogP contribution < -0.4 is 15.6 Å². The molecule has 2 aromatic heterocycles. The minimum absolute atomic E-state index is 0.0459. The van der Waals surface area contributed by atoms with E-state index in [-0.39, 0.29) is 40.3 Å². The maximum Gasteiger partial charge on any atom is 0.286 e. The average Bonchev–Trinajstić information content (AvgIpc) is 2.77. The van der Waals surface area contributed by atoms with E-state index in [0.29, 0.717) is 29.9 Å². The fourth-order valence-electron chi connectivity index (χ4n) is 3.54. The van der Waals surface area contributed by atoms with Crippen molar-refractivity contribution >= 4 is 32.6 Å². The number of anilines is 1. The Hall–Kier alpha value is -3.44. The standard InChI is InChI=1S/C22H24N4O6S/c1-13(2)8-10-26-21-15(5-4-9-23-21)19(27)18(22(26)28)20-24-16-7-6-14(32-12-31-3)11-17(16)33(29,30)25-20/h4-7,9,11,13,27H,8,10,12H2,1-3H3,(H,24,25). The van der Waals surface area contributed by atoms with Crippen LogP contribution in [0.4, 0.5) is 5.69 Å². The van der Waals surface area contributed by atoms with Gasteiger partial charge in [-0.05, 0) is 36.6 Å². The van der Waals surface area contributed by atoms with Gasteiger partial charge in [-0.3, -0.25) is 9.36 Å². The van der Waals surface area contributed by atoms with Crippen LogP contribution >= 0.6 is 0 Å². The van der Waals surface area contributed by atoms with Crippen molar-refractivity contribution in [3.63, 3.8) is 0 Å². The minimum atomic E-state index is -4.18. The van der Waals surface area contributed by atoms with Gasteiger partial charge in [0.05, 0.1) is 11.1 Å². The lowest BCUT2D eigenvalue weighted by Gasteiger charge is -2.21. The second kappa shape index (κ2) is 8.83. The van der Waals surface area contributed by atoms with Crippen LogP contribution in [0.3, 0.4) is 0 Å². The van der Waals surface area contributed by atoms with Crippen molar-refractivity contribution in [1.82, 2.24) is 9.55 Å². The van der Waals surface area contributed by atoms with E-state index in [1.807, 2.05) is 13.8 Å². The molecular formula is C22H24N4O6S. The number of methoxy groups -OCH3 is 1. The van der Waals surface area contributed by atoms with Gasteiger partial charge in [0.25, 0.3) is 15.6 Å². The number of benzene rings is 1. The molecule has 10 nitrogen and oxygen atoms in total. The summed E-state index contributed by atoms with van der Waals surface area (Å²) < 4.78 is 41.3. The molecule has 3 aromatic rings. The maximum absolute atomic E-state index is 13.4. The summed E-state index contributed by atoms with van der Waals surface area (Å²) >= 11 is 0. The van der Waals surface area contributed by atoms with Crippen molar-refractivity contribution in [2.45, 2.75) is 31.7 Å². The molecule has 1 aromatic carbocycles. The van der Waals surface area contributed by atoms with Gasteiger partial charge < -0.3 is 19.9 Å². The first-order valence-electron chi connectivity index (χ1n) is 10.3. The van der Waals surface area contributed by atoms with Gasteiger partial charge in [-0.25, -0.2) is 4.98 Å². The summed E-state index contributed by atoms with van der Waals surface area (Å²) in [6, 6.07) is 7.64. The summed E-state index contributed by atoms with van der Waals surface area (Å²) in [5.74, 6) is -0.0245. The molecule has 174 valence electrons. The molecule has 0 spiro atoms. The molecule has 1 aliphatic heterocycles. The van der Waals surface area contributed by atoms with Crippen LogP contribution in [0.25, 0.3) is 11.0 Å². The highest BCUT2D eigenvalue weighted by Crippen LogP contribution is 2.34. The maximum atomic E-state index is 13.4. The van der Waals surface area contributed by atoms with Gasteiger partial charge in [0.15, 0.2) is 12.6 Å². The molecule has 0 bridgehead atoms. The molecule has 0 radical (unpaired) electrons. The second-order valence-corrected chi connectivity index (χ2v) is 9.56. The lowest BCUT2D eigenvalue weighted by Crippen LogP contribution is -2.33. The molecule has 2 N–H and O–H groups in total. The van der Waals surface area contributed by atoms with Crippen molar-refractivity contribution in [2.75, 3.05) is 19.2 Å². The van der Waals surface area contributed by atoms with Gasteiger partial charge >= 0.3 is 0 Å². The predicted molar refractivity (Wildman–Crippen MR) is 123 cm³/mol. The summed E-state index contributed by atoms with van der Waals surface area (Å²) in [4.78, 5) is 17.6. The Labute approximate surface area is 190 Å². The lowest BCUT2D eigenvalue weighted by atomic mass is 10.1. The summed E-state index contributed by atoms with van der Waals surface area (Å²) in [5.41, 5.74) is -0.273. The Morgan fingerprint density at radius 3 is 2.76 bits per heavy atom. The molecule has 1 aliphatic rings. The smallest absolute Gasteiger partial charge is 0.286 e. The minimum Gasteiger partial charge on any atom is -0.506 e. The third-order valence-electron chi connectivity index (χ3n) is 5.20.